The zero-order valence-electron chi connectivity index (χ0n) is 18.1. The van der Waals surface area contributed by atoms with Gasteiger partial charge in [-0.1, -0.05) is 17.7 Å². The second-order valence-electron chi connectivity index (χ2n) is 8.53. The number of rotatable bonds is 6. The maximum absolute atomic E-state index is 12.6. The fourth-order valence-corrected chi connectivity index (χ4v) is 4.18. The molecule has 0 radical (unpaired) electrons. The van der Waals surface area contributed by atoms with E-state index in [1.54, 1.807) is 7.05 Å². The second kappa shape index (κ2) is 10.2. The Labute approximate surface area is 174 Å². The highest BCUT2D eigenvalue weighted by atomic mass is 16.2. The van der Waals surface area contributed by atoms with E-state index in [-0.39, 0.29) is 18.4 Å². The number of likely N-dealkylation sites (tertiary alicyclic amines) is 1. The maximum Gasteiger partial charge on any atom is 0.243 e. The predicted octanol–water partition coefficient (Wildman–Crippen LogP) is 1.10. The first-order valence-electron chi connectivity index (χ1n) is 10.7. The summed E-state index contributed by atoms with van der Waals surface area (Å²) >= 11 is 0. The number of aryl methyl sites for hydroxylation is 1. The Morgan fingerprint density at radius 2 is 1.79 bits per heavy atom. The number of piperidine rings is 1. The van der Waals surface area contributed by atoms with E-state index in [4.69, 9.17) is 0 Å². The molecule has 0 aliphatic carbocycles. The van der Waals surface area contributed by atoms with E-state index < -0.39 is 0 Å². The molecule has 2 aliphatic heterocycles. The van der Waals surface area contributed by atoms with Gasteiger partial charge in [0.1, 0.15) is 0 Å². The number of anilines is 1. The van der Waals surface area contributed by atoms with Crippen LogP contribution < -0.4 is 5.32 Å². The Morgan fingerprint density at radius 1 is 1.10 bits per heavy atom. The van der Waals surface area contributed by atoms with Crippen LogP contribution in [0.2, 0.25) is 0 Å². The van der Waals surface area contributed by atoms with Crippen LogP contribution in [0.1, 0.15) is 18.4 Å². The molecule has 1 N–H and O–H groups in total. The molecule has 1 aromatic rings. The third-order valence-corrected chi connectivity index (χ3v) is 6.02. The van der Waals surface area contributed by atoms with Gasteiger partial charge < -0.3 is 15.1 Å². The van der Waals surface area contributed by atoms with E-state index in [2.05, 4.69) is 27.1 Å². The van der Waals surface area contributed by atoms with Gasteiger partial charge in [-0.25, -0.2) is 0 Å². The number of nitrogens with one attached hydrogen (secondary N) is 1. The molecule has 2 amide bonds. The minimum atomic E-state index is -0.170. The van der Waals surface area contributed by atoms with Crippen molar-refractivity contribution >= 4 is 17.5 Å². The number of carbonyl (C=O) groups is 2. The molecule has 0 spiro atoms. The molecule has 1 unspecified atom stereocenters. The molecule has 1 aromatic carbocycles. The lowest BCUT2D eigenvalue weighted by molar-refractivity contribution is -0.134. The van der Waals surface area contributed by atoms with Gasteiger partial charge in [0.2, 0.25) is 11.8 Å². The van der Waals surface area contributed by atoms with Crippen LogP contribution in [-0.2, 0) is 9.59 Å². The van der Waals surface area contributed by atoms with Gasteiger partial charge in [0, 0.05) is 51.5 Å². The normalized spacial score (nSPS) is 21.7. The number of nitrogens with zero attached hydrogens (tertiary/aromatic N) is 4. The quantitative estimate of drug-likeness (QED) is 0.774. The first-order valence-corrected chi connectivity index (χ1v) is 10.7. The van der Waals surface area contributed by atoms with Gasteiger partial charge in [0.05, 0.1) is 13.1 Å². The van der Waals surface area contributed by atoms with Crippen molar-refractivity contribution in [1.82, 2.24) is 19.6 Å². The third-order valence-electron chi connectivity index (χ3n) is 6.02. The molecule has 29 heavy (non-hydrogen) atoms. The third kappa shape index (κ3) is 6.52. The molecule has 2 saturated heterocycles. The Bertz CT molecular complexity index is 685. The number of amides is 2. The number of piperazine rings is 1. The van der Waals surface area contributed by atoms with Crippen molar-refractivity contribution in [3.63, 3.8) is 0 Å². The monoisotopic (exact) mass is 401 g/mol. The van der Waals surface area contributed by atoms with Gasteiger partial charge in [-0.05, 0) is 45.5 Å². The lowest BCUT2D eigenvalue weighted by atomic mass is 10.0. The second-order valence-corrected chi connectivity index (χ2v) is 8.53. The zero-order chi connectivity index (χ0) is 20.8. The largest absolute Gasteiger partial charge is 0.335 e. The highest BCUT2D eigenvalue weighted by Gasteiger charge is 2.28. The Balaban J connectivity index is 1.38. The fraction of sp³-hybridized carbons (Fsp3) is 0.636. The number of hydrogen-bond donors (Lipinski definition) is 1. The first kappa shape index (κ1) is 21.7. The predicted molar refractivity (Wildman–Crippen MR) is 116 cm³/mol. The van der Waals surface area contributed by atoms with E-state index in [1.807, 2.05) is 31.2 Å². The molecule has 1 atom stereocenters. The summed E-state index contributed by atoms with van der Waals surface area (Å²) in [5.74, 6) is -0.175. The summed E-state index contributed by atoms with van der Waals surface area (Å²) in [5, 5.41) is 2.85. The number of hydrogen-bond acceptors (Lipinski definition) is 5. The van der Waals surface area contributed by atoms with Crippen LogP contribution in [0, 0.1) is 6.92 Å². The van der Waals surface area contributed by atoms with Crippen LogP contribution >= 0.6 is 0 Å². The fourth-order valence-electron chi connectivity index (χ4n) is 4.18. The minimum Gasteiger partial charge on any atom is -0.335 e. The number of benzene rings is 1. The SMILES string of the molecule is Cc1ccc(NC(=O)CN(C)C(=O)CN2CCN(C3CCCN(C)C3)CC2)cc1. The summed E-state index contributed by atoms with van der Waals surface area (Å²) in [6.45, 7) is 8.67. The summed E-state index contributed by atoms with van der Waals surface area (Å²) in [6, 6.07) is 8.31. The van der Waals surface area contributed by atoms with Crippen molar-refractivity contribution in [2.75, 3.05) is 71.8 Å². The number of likely N-dealkylation sites (N-methyl/N-ethyl adjacent to an activating group) is 2. The average Bonchev–Trinajstić information content (AvgIpc) is 2.70. The van der Waals surface area contributed by atoms with E-state index in [0.717, 1.165) is 44.0 Å². The summed E-state index contributed by atoms with van der Waals surface area (Å²) in [4.78, 5) is 33.5. The summed E-state index contributed by atoms with van der Waals surface area (Å²) < 4.78 is 0. The lowest BCUT2D eigenvalue weighted by Gasteiger charge is -2.42. The van der Waals surface area contributed by atoms with Crippen LogP contribution in [0.4, 0.5) is 5.69 Å². The summed E-state index contributed by atoms with van der Waals surface area (Å²) in [7, 11) is 3.90. The topological polar surface area (TPSA) is 59.1 Å². The average molecular weight is 402 g/mol. The Hall–Kier alpha value is -1.96. The molecular weight excluding hydrogens is 366 g/mol. The van der Waals surface area contributed by atoms with Crippen molar-refractivity contribution in [3.05, 3.63) is 29.8 Å². The van der Waals surface area contributed by atoms with Crippen molar-refractivity contribution in [3.8, 4) is 0 Å². The molecule has 0 saturated carbocycles. The van der Waals surface area contributed by atoms with Crippen molar-refractivity contribution in [2.24, 2.45) is 0 Å². The van der Waals surface area contributed by atoms with Crippen molar-refractivity contribution in [2.45, 2.75) is 25.8 Å². The van der Waals surface area contributed by atoms with Crippen LogP contribution in [0.3, 0.4) is 0 Å². The molecule has 2 aliphatic rings. The van der Waals surface area contributed by atoms with Gasteiger partial charge in [-0.15, -0.1) is 0 Å². The van der Waals surface area contributed by atoms with Crippen LogP contribution in [-0.4, -0.2) is 104 Å². The van der Waals surface area contributed by atoms with Crippen LogP contribution in [0.25, 0.3) is 0 Å². The molecule has 160 valence electrons. The van der Waals surface area contributed by atoms with Crippen LogP contribution in [0.5, 0.6) is 0 Å². The van der Waals surface area contributed by atoms with E-state index in [0.29, 0.717) is 12.6 Å². The molecular formula is C22H35N5O2. The standard InChI is InChI=1S/C22H35N5O2/c1-18-6-8-19(9-7-18)23-21(28)16-25(3)22(29)17-26-11-13-27(14-12-26)20-5-4-10-24(2)15-20/h6-9,20H,4-5,10-17H2,1-3H3,(H,23,28). The molecule has 7 heteroatoms. The zero-order valence-corrected chi connectivity index (χ0v) is 18.1. The maximum atomic E-state index is 12.6. The van der Waals surface area contributed by atoms with Gasteiger partial charge in [-0.2, -0.15) is 0 Å². The highest BCUT2D eigenvalue weighted by Crippen LogP contribution is 2.16. The van der Waals surface area contributed by atoms with Gasteiger partial charge >= 0.3 is 0 Å². The van der Waals surface area contributed by atoms with Crippen molar-refractivity contribution in [1.29, 1.82) is 0 Å². The van der Waals surface area contributed by atoms with E-state index in [9.17, 15) is 9.59 Å². The highest BCUT2D eigenvalue weighted by molar-refractivity contribution is 5.94. The molecule has 7 nitrogen and oxygen atoms in total. The Morgan fingerprint density at radius 3 is 2.45 bits per heavy atom. The Kier molecular flexibility index (Phi) is 7.64. The molecule has 0 aromatic heterocycles. The first-order chi connectivity index (χ1) is 13.9. The molecule has 3 rings (SSSR count). The summed E-state index contributed by atoms with van der Waals surface area (Å²) in [5.41, 5.74) is 1.90. The van der Waals surface area contributed by atoms with E-state index in [1.165, 1.54) is 24.3 Å². The number of carbonyl (C=O) groups excluding carboxylic acids is 2. The lowest BCUT2D eigenvalue weighted by Crippen LogP contribution is -2.55. The van der Waals surface area contributed by atoms with E-state index >= 15 is 0 Å². The van der Waals surface area contributed by atoms with Gasteiger partial charge in [0.15, 0.2) is 0 Å². The summed E-state index contributed by atoms with van der Waals surface area (Å²) in [6.07, 6.45) is 2.55. The van der Waals surface area contributed by atoms with Gasteiger partial charge in [-0.3, -0.25) is 19.4 Å². The molecule has 2 heterocycles. The van der Waals surface area contributed by atoms with Crippen LogP contribution in [0.15, 0.2) is 24.3 Å². The molecule has 0 bridgehead atoms. The molecule has 2 fully saturated rings. The van der Waals surface area contributed by atoms with Gasteiger partial charge in [0.25, 0.3) is 0 Å². The smallest absolute Gasteiger partial charge is 0.243 e. The minimum absolute atomic E-state index is 0.00472. The van der Waals surface area contributed by atoms with Crippen molar-refractivity contribution < 1.29 is 9.59 Å².